The molecule has 0 saturated carbocycles. The summed E-state index contributed by atoms with van der Waals surface area (Å²) in [6.45, 7) is 4.83. The average Bonchev–Trinajstić information content (AvgIpc) is 3.17. The molecule has 29 heavy (non-hydrogen) atoms. The molecule has 3 rings (SSSR count). The summed E-state index contributed by atoms with van der Waals surface area (Å²) in [5, 5.41) is 15.0. The lowest BCUT2D eigenvalue weighted by molar-refractivity contribution is 0.0952. The minimum absolute atomic E-state index is 0.132. The number of carbonyl (C=O) groups is 2. The Kier molecular flexibility index (Phi) is 7.52. The number of allylic oxidation sites excluding steroid dienone is 1. The largest absolute Gasteiger partial charge is 0.352 e. The highest BCUT2D eigenvalue weighted by Gasteiger charge is 2.15. The Morgan fingerprint density at radius 3 is 2.79 bits per heavy atom. The fraction of sp³-hybridized carbons (Fsp3) is 0.455. The molecule has 7 heteroatoms. The van der Waals surface area contributed by atoms with Gasteiger partial charge in [0.2, 0.25) is 5.01 Å². The standard InChI is InChI=1S/C22H28N4O2S/c1-15(2)13-19-25-26-22(29-19)21(28)24-18-10-6-9-17(14-18)20(27)23-12-11-16-7-4-3-5-8-16/h6-7,9-10,14-15H,3-5,8,11-13H2,1-2H3,(H,23,27)(H,24,28). The molecule has 1 aliphatic carbocycles. The van der Waals surface area contributed by atoms with E-state index in [-0.39, 0.29) is 11.8 Å². The Labute approximate surface area is 175 Å². The molecule has 1 aromatic heterocycles. The van der Waals surface area contributed by atoms with E-state index in [1.54, 1.807) is 24.3 Å². The van der Waals surface area contributed by atoms with E-state index >= 15 is 0 Å². The Morgan fingerprint density at radius 2 is 2.03 bits per heavy atom. The van der Waals surface area contributed by atoms with E-state index in [0.717, 1.165) is 30.7 Å². The van der Waals surface area contributed by atoms with Gasteiger partial charge in [0.15, 0.2) is 0 Å². The zero-order valence-corrected chi connectivity index (χ0v) is 17.8. The van der Waals surface area contributed by atoms with Gasteiger partial charge in [-0.15, -0.1) is 10.2 Å². The normalized spacial score (nSPS) is 13.8. The van der Waals surface area contributed by atoms with Crippen LogP contribution in [0.4, 0.5) is 5.69 Å². The monoisotopic (exact) mass is 412 g/mol. The SMILES string of the molecule is CC(C)Cc1nnc(C(=O)Nc2cccc(C(=O)NCCC3=CCCCC3)c2)s1. The quantitative estimate of drug-likeness (QED) is 0.620. The van der Waals surface area contributed by atoms with Crippen molar-refractivity contribution in [2.45, 2.75) is 52.4 Å². The van der Waals surface area contributed by atoms with Gasteiger partial charge in [-0.05, 0) is 56.2 Å². The smallest absolute Gasteiger partial charge is 0.286 e. The van der Waals surface area contributed by atoms with Gasteiger partial charge in [0.1, 0.15) is 5.01 Å². The van der Waals surface area contributed by atoms with Crippen molar-refractivity contribution in [3.8, 4) is 0 Å². The van der Waals surface area contributed by atoms with Crippen LogP contribution >= 0.6 is 11.3 Å². The van der Waals surface area contributed by atoms with E-state index in [1.807, 2.05) is 0 Å². The molecule has 1 aromatic carbocycles. The lowest BCUT2D eigenvalue weighted by Crippen LogP contribution is -2.25. The molecule has 154 valence electrons. The summed E-state index contributed by atoms with van der Waals surface area (Å²) in [4.78, 5) is 24.9. The minimum Gasteiger partial charge on any atom is -0.352 e. The number of benzene rings is 1. The number of anilines is 1. The predicted octanol–water partition coefficient (Wildman–Crippen LogP) is 4.61. The fourth-order valence-corrected chi connectivity index (χ4v) is 4.22. The fourth-order valence-electron chi connectivity index (χ4n) is 3.27. The third kappa shape index (κ3) is 6.49. The number of aromatic nitrogens is 2. The molecule has 0 spiro atoms. The van der Waals surface area contributed by atoms with Crippen molar-refractivity contribution >= 4 is 28.8 Å². The second-order valence-electron chi connectivity index (χ2n) is 7.75. The van der Waals surface area contributed by atoms with Crippen LogP contribution in [0.5, 0.6) is 0 Å². The van der Waals surface area contributed by atoms with Crippen LogP contribution in [0.25, 0.3) is 0 Å². The first-order valence-electron chi connectivity index (χ1n) is 10.2. The van der Waals surface area contributed by atoms with Gasteiger partial charge >= 0.3 is 0 Å². The van der Waals surface area contributed by atoms with Crippen LogP contribution in [0.1, 0.15) is 71.1 Å². The minimum atomic E-state index is -0.306. The highest BCUT2D eigenvalue weighted by atomic mass is 32.1. The van der Waals surface area contributed by atoms with Crippen molar-refractivity contribution in [1.29, 1.82) is 0 Å². The molecule has 0 bridgehead atoms. The molecule has 0 unspecified atom stereocenters. The molecule has 2 aromatic rings. The molecule has 1 heterocycles. The molecule has 6 nitrogen and oxygen atoms in total. The van der Waals surface area contributed by atoms with Gasteiger partial charge in [0, 0.05) is 24.2 Å². The van der Waals surface area contributed by atoms with Crippen molar-refractivity contribution in [1.82, 2.24) is 15.5 Å². The number of hydrogen-bond acceptors (Lipinski definition) is 5. The highest BCUT2D eigenvalue weighted by molar-refractivity contribution is 7.13. The first kappa shape index (κ1) is 21.2. The number of hydrogen-bond donors (Lipinski definition) is 2. The number of carbonyl (C=O) groups excluding carboxylic acids is 2. The van der Waals surface area contributed by atoms with Gasteiger partial charge in [-0.3, -0.25) is 9.59 Å². The molecular formula is C22H28N4O2S. The maximum Gasteiger partial charge on any atom is 0.286 e. The van der Waals surface area contributed by atoms with Gasteiger partial charge in [-0.2, -0.15) is 0 Å². The summed E-state index contributed by atoms with van der Waals surface area (Å²) >= 11 is 1.30. The Morgan fingerprint density at radius 1 is 1.17 bits per heavy atom. The molecule has 0 saturated heterocycles. The van der Waals surface area contributed by atoms with E-state index in [4.69, 9.17) is 0 Å². The molecule has 2 N–H and O–H groups in total. The van der Waals surface area contributed by atoms with Gasteiger partial charge in [0.05, 0.1) is 0 Å². The number of nitrogens with zero attached hydrogens (tertiary/aromatic N) is 2. The second kappa shape index (κ2) is 10.3. The molecular weight excluding hydrogens is 384 g/mol. The maximum absolute atomic E-state index is 12.4. The van der Waals surface area contributed by atoms with Crippen molar-refractivity contribution in [3.05, 3.63) is 51.5 Å². The summed E-state index contributed by atoms with van der Waals surface area (Å²) in [7, 11) is 0. The zero-order valence-electron chi connectivity index (χ0n) is 17.0. The average molecular weight is 413 g/mol. The summed E-state index contributed by atoms with van der Waals surface area (Å²) < 4.78 is 0. The van der Waals surface area contributed by atoms with Crippen molar-refractivity contribution in [2.24, 2.45) is 5.92 Å². The van der Waals surface area contributed by atoms with Gasteiger partial charge in [-0.1, -0.05) is 42.9 Å². The first-order valence-corrected chi connectivity index (χ1v) is 11.0. The van der Waals surface area contributed by atoms with Crippen LogP contribution in [0, 0.1) is 5.92 Å². The number of rotatable bonds is 8. The Hall–Kier alpha value is -2.54. The molecule has 0 fully saturated rings. The lowest BCUT2D eigenvalue weighted by Gasteiger charge is -2.13. The summed E-state index contributed by atoms with van der Waals surface area (Å²) in [6.07, 6.45) is 8.81. The van der Waals surface area contributed by atoms with E-state index in [2.05, 4.69) is 40.8 Å². The summed E-state index contributed by atoms with van der Waals surface area (Å²) in [5.41, 5.74) is 2.53. The van der Waals surface area contributed by atoms with Gasteiger partial charge in [0.25, 0.3) is 11.8 Å². The molecule has 1 aliphatic rings. The van der Waals surface area contributed by atoms with Crippen LogP contribution in [0.3, 0.4) is 0 Å². The second-order valence-corrected chi connectivity index (χ2v) is 8.81. The van der Waals surface area contributed by atoms with Crippen LogP contribution in [0.2, 0.25) is 0 Å². The van der Waals surface area contributed by atoms with E-state index in [0.29, 0.717) is 28.7 Å². The summed E-state index contributed by atoms with van der Waals surface area (Å²) in [6, 6.07) is 6.95. The van der Waals surface area contributed by atoms with Crippen LogP contribution in [-0.4, -0.2) is 28.6 Å². The molecule has 2 amide bonds. The van der Waals surface area contributed by atoms with Crippen LogP contribution in [0.15, 0.2) is 35.9 Å². The molecule has 0 aliphatic heterocycles. The predicted molar refractivity (Wildman–Crippen MR) is 116 cm³/mol. The van der Waals surface area contributed by atoms with Crippen molar-refractivity contribution in [3.63, 3.8) is 0 Å². The Bertz CT molecular complexity index is 888. The van der Waals surface area contributed by atoms with E-state index in [9.17, 15) is 9.59 Å². The molecule has 0 atom stereocenters. The van der Waals surface area contributed by atoms with Gasteiger partial charge < -0.3 is 10.6 Å². The third-order valence-corrected chi connectivity index (χ3v) is 5.69. The van der Waals surface area contributed by atoms with E-state index < -0.39 is 0 Å². The van der Waals surface area contributed by atoms with Crippen LogP contribution < -0.4 is 10.6 Å². The third-order valence-electron chi connectivity index (χ3n) is 4.74. The van der Waals surface area contributed by atoms with Gasteiger partial charge in [-0.25, -0.2) is 0 Å². The number of nitrogens with one attached hydrogen (secondary N) is 2. The van der Waals surface area contributed by atoms with Crippen molar-refractivity contribution in [2.75, 3.05) is 11.9 Å². The number of amides is 2. The topological polar surface area (TPSA) is 84.0 Å². The highest BCUT2D eigenvalue weighted by Crippen LogP contribution is 2.20. The maximum atomic E-state index is 12.4. The van der Waals surface area contributed by atoms with E-state index in [1.165, 1.54) is 29.8 Å². The lowest BCUT2D eigenvalue weighted by atomic mass is 9.97. The zero-order chi connectivity index (χ0) is 20.6. The molecule has 0 radical (unpaired) electrons. The first-order chi connectivity index (χ1) is 14.0. The van der Waals surface area contributed by atoms with Crippen LogP contribution in [-0.2, 0) is 6.42 Å². The Balaban J connectivity index is 1.54. The van der Waals surface area contributed by atoms with Crippen molar-refractivity contribution < 1.29 is 9.59 Å². The summed E-state index contributed by atoms with van der Waals surface area (Å²) in [5.74, 6) is 0.0235.